The summed E-state index contributed by atoms with van der Waals surface area (Å²) in [7, 11) is 0. The Morgan fingerprint density at radius 1 is 1.45 bits per heavy atom. The summed E-state index contributed by atoms with van der Waals surface area (Å²) < 4.78 is 18.7. The molecule has 0 bridgehead atoms. The van der Waals surface area contributed by atoms with Gasteiger partial charge in [0.15, 0.2) is 6.61 Å². The van der Waals surface area contributed by atoms with Crippen LogP contribution in [0.4, 0.5) is 4.39 Å². The van der Waals surface area contributed by atoms with Gasteiger partial charge < -0.3 is 15.8 Å². The van der Waals surface area contributed by atoms with E-state index in [1.165, 1.54) is 18.2 Å². The van der Waals surface area contributed by atoms with Crippen LogP contribution >= 0.6 is 0 Å². The van der Waals surface area contributed by atoms with Crippen molar-refractivity contribution in [2.45, 2.75) is 45.7 Å². The lowest BCUT2D eigenvalue weighted by molar-refractivity contribution is -0.123. The number of rotatable bonds is 7. The van der Waals surface area contributed by atoms with E-state index in [4.69, 9.17) is 10.5 Å². The molecular formula is C15H23FN2O2. The first kappa shape index (κ1) is 16.4. The SMILES string of the molecule is CCC(C)NC(=O)COc1ccc(F)cc1CC(C)N. The monoisotopic (exact) mass is 282 g/mol. The average Bonchev–Trinajstić information content (AvgIpc) is 2.37. The van der Waals surface area contributed by atoms with Crippen molar-refractivity contribution < 1.29 is 13.9 Å². The van der Waals surface area contributed by atoms with Gasteiger partial charge in [-0.2, -0.15) is 0 Å². The number of nitrogens with one attached hydrogen (secondary N) is 1. The molecule has 2 atom stereocenters. The van der Waals surface area contributed by atoms with Crippen LogP contribution in [0.5, 0.6) is 5.75 Å². The van der Waals surface area contributed by atoms with E-state index in [9.17, 15) is 9.18 Å². The highest BCUT2D eigenvalue weighted by Crippen LogP contribution is 2.21. The van der Waals surface area contributed by atoms with Gasteiger partial charge in [0.2, 0.25) is 0 Å². The summed E-state index contributed by atoms with van der Waals surface area (Å²) in [5.41, 5.74) is 6.40. The number of ether oxygens (including phenoxy) is 1. The number of carbonyl (C=O) groups is 1. The molecule has 5 heteroatoms. The molecule has 0 heterocycles. The van der Waals surface area contributed by atoms with Crippen molar-refractivity contribution >= 4 is 5.91 Å². The quantitative estimate of drug-likeness (QED) is 0.804. The van der Waals surface area contributed by atoms with Crippen molar-refractivity contribution in [1.82, 2.24) is 5.32 Å². The fraction of sp³-hybridized carbons (Fsp3) is 0.533. The molecule has 0 saturated heterocycles. The largest absolute Gasteiger partial charge is 0.483 e. The number of nitrogens with two attached hydrogens (primary N) is 1. The van der Waals surface area contributed by atoms with Crippen molar-refractivity contribution in [2.24, 2.45) is 5.73 Å². The zero-order valence-electron chi connectivity index (χ0n) is 12.3. The highest BCUT2D eigenvalue weighted by Gasteiger charge is 2.11. The van der Waals surface area contributed by atoms with E-state index in [0.29, 0.717) is 17.7 Å². The minimum absolute atomic E-state index is 0.0814. The molecule has 0 radical (unpaired) electrons. The van der Waals surface area contributed by atoms with Gasteiger partial charge >= 0.3 is 0 Å². The van der Waals surface area contributed by atoms with E-state index < -0.39 is 0 Å². The maximum atomic E-state index is 13.2. The van der Waals surface area contributed by atoms with Crippen molar-refractivity contribution in [2.75, 3.05) is 6.61 Å². The van der Waals surface area contributed by atoms with Gasteiger partial charge in [0, 0.05) is 12.1 Å². The van der Waals surface area contributed by atoms with E-state index in [1.807, 2.05) is 20.8 Å². The Morgan fingerprint density at radius 3 is 2.75 bits per heavy atom. The Hall–Kier alpha value is -1.62. The molecule has 0 fully saturated rings. The van der Waals surface area contributed by atoms with Gasteiger partial charge in [-0.3, -0.25) is 4.79 Å². The summed E-state index contributed by atoms with van der Waals surface area (Å²) in [5, 5.41) is 2.81. The third-order valence-corrected chi connectivity index (χ3v) is 2.94. The molecular weight excluding hydrogens is 259 g/mol. The molecule has 4 nitrogen and oxygen atoms in total. The maximum absolute atomic E-state index is 13.2. The fourth-order valence-corrected chi connectivity index (χ4v) is 1.76. The van der Waals surface area contributed by atoms with Gasteiger partial charge in [-0.05, 0) is 50.5 Å². The number of benzene rings is 1. The van der Waals surface area contributed by atoms with Gasteiger partial charge in [0.1, 0.15) is 11.6 Å². The van der Waals surface area contributed by atoms with Crippen LogP contribution in [0.3, 0.4) is 0 Å². The first-order chi connectivity index (χ1) is 9.42. The van der Waals surface area contributed by atoms with Crippen LogP contribution in [-0.4, -0.2) is 24.6 Å². The molecule has 0 aliphatic rings. The van der Waals surface area contributed by atoms with E-state index in [1.54, 1.807) is 0 Å². The number of carbonyl (C=O) groups excluding carboxylic acids is 1. The molecule has 0 spiro atoms. The zero-order valence-corrected chi connectivity index (χ0v) is 12.3. The Bertz CT molecular complexity index is 449. The highest BCUT2D eigenvalue weighted by atomic mass is 19.1. The molecule has 3 N–H and O–H groups in total. The van der Waals surface area contributed by atoms with Crippen molar-refractivity contribution in [3.05, 3.63) is 29.6 Å². The van der Waals surface area contributed by atoms with Crippen LogP contribution in [0.2, 0.25) is 0 Å². The number of halogens is 1. The molecule has 1 aromatic carbocycles. The van der Waals surface area contributed by atoms with Crippen LogP contribution in [-0.2, 0) is 11.2 Å². The second kappa shape index (κ2) is 7.85. The summed E-state index contributed by atoms with van der Waals surface area (Å²) in [5.74, 6) is -0.0181. The molecule has 0 saturated carbocycles. The molecule has 0 aliphatic heterocycles. The third-order valence-electron chi connectivity index (χ3n) is 2.94. The summed E-state index contributed by atoms with van der Waals surface area (Å²) in [6.07, 6.45) is 1.36. The van der Waals surface area contributed by atoms with E-state index >= 15 is 0 Å². The topological polar surface area (TPSA) is 64.3 Å². The van der Waals surface area contributed by atoms with Crippen LogP contribution in [0.25, 0.3) is 0 Å². The summed E-state index contributed by atoms with van der Waals surface area (Å²) in [4.78, 5) is 11.7. The standard InChI is InChI=1S/C15H23FN2O2/c1-4-11(3)18-15(19)9-20-14-6-5-13(16)8-12(14)7-10(2)17/h5-6,8,10-11H,4,7,9,17H2,1-3H3,(H,18,19). The Labute approximate surface area is 119 Å². The second-order valence-electron chi connectivity index (χ2n) is 5.10. The first-order valence-electron chi connectivity index (χ1n) is 6.88. The minimum Gasteiger partial charge on any atom is -0.483 e. The first-order valence-corrected chi connectivity index (χ1v) is 6.88. The predicted octanol–water partition coefficient (Wildman–Crippen LogP) is 2.01. The van der Waals surface area contributed by atoms with Gasteiger partial charge in [-0.15, -0.1) is 0 Å². The molecule has 112 valence electrons. The van der Waals surface area contributed by atoms with E-state index in [2.05, 4.69) is 5.32 Å². The lowest BCUT2D eigenvalue weighted by Crippen LogP contribution is -2.35. The number of hydrogen-bond donors (Lipinski definition) is 2. The molecule has 2 unspecified atom stereocenters. The van der Waals surface area contributed by atoms with Crippen molar-refractivity contribution in [3.63, 3.8) is 0 Å². The van der Waals surface area contributed by atoms with Gasteiger partial charge in [0.05, 0.1) is 0 Å². The van der Waals surface area contributed by atoms with E-state index in [0.717, 1.165) is 6.42 Å². The van der Waals surface area contributed by atoms with Crippen LogP contribution < -0.4 is 15.8 Å². The Balaban J connectivity index is 2.65. The van der Waals surface area contributed by atoms with E-state index in [-0.39, 0.29) is 30.4 Å². The highest BCUT2D eigenvalue weighted by molar-refractivity contribution is 5.77. The van der Waals surface area contributed by atoms with Gasteiger partial charge in [-0.1, -0.05) is 6.92 Å². The Morgan fingerprint density at radius 2 is 2.15 bits per heavy atom. The predicted molar refractivity (Wildman–Crippen MR) is 77.1 cm³/mol. The lowest BCUT2D eigenvalue weighted by atomic mass is 10.1. The summed E-state index contributed by atoms with van der Waals surface area (Å²) in [6.45, 7) is 5.68. The molecule has 0 aromatic heterocycles. The Kier molecular flexibility index (Phi) is 6.45. The second-order valence-corrected chi connectivity index (χ2v) is 5.10. The summed E-state index contributed by atoms with van der Waals surface area (Å²) >= 11 is 0. The molecule has 0 aliphatic carbocycles. The summed E-state index contributed by atoms with van der Waals surface area (Å²) in [6, 6.07) is 4.25. The molecule has 1 amide bonds. The molecule has 20 heavy (non-hydrogen) atoms. The number of hydrogen-bond acceptors (Lipinski definition) is 3. The van der Waals surface area contributed by atoms with Crippen molar-refractivity contribution in [1.29, 1.82) is 0 Å². The molecule has 1 aromatic rings. The molecule has 1 rings (SSSR count). The zero-order chi connectivity index (χ0) is 15.1. The van der Waals surface area contributed by atoms with Crippen molar-refractivity contribution in [3.8, 4) is 5.75 Å². The average molecular weight is 282 g/mol. The maximum Gasteiger partial charge on any atom is 0.258 e. The lowest BCUT2D eigenvalue weighted by Gasteiger charge is -2.15. The minimum atomic E-state index is -0.336. The van der Waals surface area contributed by atoms with Crippen LogP contribution in [0.1, 0.15) is 32.8 Å². The smallest absolute Gasteiger partial charge is 0.258 e. The van der Waals surface area contributed by atoms with Crippen LogP contribution in [0.15, 0.2) is 18.2 Å². The normalized spacial score (nSPS) is 13.7. The third kappa shape index (κ3) is 5.57. The van der Waals surface area contributed by atoms with Gasteiger partial charge in [-0.25, -0.2) is 4.39 Å². The fourth-order valence-electron chi connectivity index (χ4n) is 1.76. The van der Waals surface area contributed by atoms with Gasteiger partial charge in [0.25, 0.3) is 5.91 Å². The van der Waals surface area contributed by atoms with Crippen LogP contribution in [0, 0.1) is 5.82 Å². The number of amides is 1.